The molecule has 1 unspecified atom stereocenters. The van der Waals surface area contributed by atoms with Gasteiger partial charge in [-0.25, -0.2) is 4.39 Å². The van der Waals surface area contributed by atoms with E-state index in [4.69, 9.17) is 5.73 Å². The van der Waals surface area contributed by atoms with E-state index in [1.54, 1.807) is 12.1 Å². The maximum absolute atomic E-state index is 13.3. The van der Waals surface area contributed by atoms with Crippen LogP contribution in [0.4, 0.5) is 4.39 Å². The van der Waals surface area contributed by atoms with Gasteiger partial charge in [-0.05, 0) is 57.5 Å². The Morgan fingerprint density at radius 2 is 1.89 bits per heavy atom. The van der Waals surface area contributed by atoms with Gasteiger partial charge in [-0.3, -0.25) is 4.90 Å². The van der Waals surface area contributed by atoms with Crippen molar-refractivity contribution in [2.45, 2.75) is 44.7 Å². The number of rotatable bonds is 3. The number of halogens is 1. The van der Waals surface area contributed by atoms with Crippen LogP contribution >= 0.6 is 0 Å². The van der Waals surface area contributed by atoms with Crippen molar-refractivity contribution >= 4 is 0 Å². The van der Waals surface area contributed by atoms with Crippen LogP contribution < -0.4 is 5.73 Å². The highest BCUT2D eigenvalue weighted by atomic mass is 19.1. The molecular formula is C15H23FN2. The fourth-order valence-electron chi connectivity index (χ4n) is 2.77. The normalized spacial score (nSPS) is 19.8. The van der Waals surface area contributed by atoms with Crippen LogP contribution in [0, 0.1) is 5.82 Å². The molecule has 0 saturated carbocycles. The third-order valence-corrected chi connectivity index (χ3v) is 4.14. The predicted octanol–water partition coefficient (Wildman–Crippen LogP) is 3.09. The third-order valence-electron chi connectivity index (χ3n) is 4.14. The predicted molar refractivity (Wildman–Crippen MR) is 72.8 cm³/mol. The molecule has 1 saturated heterocycles. The molecule has 1 atom stereocenters. The molecule has 100 valence electrons. The molecule has 0 amide bonds. The van der Waals surface area contributed by atoms with Gasteiger partial charge in [0, 0.05) is 11.6 Å². The SMILES string of the molecule is CC(C)(C(N)c1cccc(F)c1)N1CCCCC1. The Labute approximate surface area is 109 Å². The molecule has 1 aromatic carbocycles. The van der Waals surface area contributed by atoms with Crippen LogP contribution in [-0.2, 0) is 0 Å². The van der Waals surface area contributed by atoms with E-state index in [1.807, 2.05) is 6.07 Å². The first kappa shape index (κ1) is 13.5. The number of hydrogen-bond donors (Lipinski definition) is 1. The Balaban J connectivity index is 2.17. The monoisotopic (exact) mass is 250 g/mol. The first-order valence-electron chi connectivity index (χ1n) is 6.78. The van der Waals surface area contributed by atoms with Crippen molar-refractivity contribution in [3.8, 4) is 0 Å². The zero-order chi connectivity index (χ0) is 13.2. The van der Waals surface area contributed by atoms with Gasteiger partial charge in [0.1, 0.15) is 5.82 Å². The molecule has 0 spiro atoms. The second-order valence-electron chi connectivity index (χ2n) is 5.73. The van der Waals surface area contributed by atoms with Crippen LogP contribution in [0.3, 0.4) is 0 Å². The summed E-state index contributed by atoms with van der Waals surface area (Å²) in [4.78, 5) is 2.44. The summed E-state index contributed by atoms with van der Waals surface area (Å²) in [7, 11) is 0. The van der Waals surface area contributed by atoms with E-state index in [2.05, 4.69) is 18.7 Å². The van der Waals surface area contributed by atoms with E-state index in [0.717, 1.165) is 18.7 Å². The standard InChI is InChI=1S/C15H23FN2/c1-15(2,18-9-4-3-5-10-18)14(17)12-7-6-8-13(16)11-12/h6-8,11,14H,3-5,9-10,17H2,1-2H3. The highest BCUT2D eigenvalue weighted by molar-refractivity contribution is 5.23. The average molecular weight is 250 g/mol. The molecule has 0 aromatic heterocycles. The molecule has 1 heterocycles. The minimum atomic E-state index is -0.211. The fourth-order valence-corrected chi connectivity index (χ4v) is 2.77. The van der Waals surface area contributed by atoms with Crippen molar-refractivity contribution in [2.75, 3.05) is 13.1 Å². The van der Waals surface area contributed by atoms with Crippen LogP contribution in [0.5, 0.6) is 0 Å². The Morgan fingerprint density at radius 3 is 2.50 bits per heavy atom. The van der Waals surface area contributed by atoms with Crippen LogP contribution in [0.15, 0.2) is 24.3 Å². The Kier molecular flexibility index (Phi) is 4.03. The lowest BCUT2D eigenvalue weighted by molar-refractivity contribution is 0.0729. The van der Waals surface area contributed by atoms with Crippen LogP contribution in [0.2, 0.25) is 0 Å². The first-order chi connectivity index (χ1) is 8.51. The lowest BCUT2D eigenvalue weighted by Gasteiger charge is -2.44. The number of nitrogens with zero attached hydrogens (tertiary/aromatic N) is 1. The molecule has 2 rings (SSSR count). The summed E-state index contributed by atoms with van der Waals surface area (Å²) >= 11 is 0. The molecule has 0 radical (unpaired) electrons. The smallest absolute Gasteiger partial charge is 0.123 e. The highest BCUT2D eigenvalue weighted by Gasteiger charge is 2.34. The molecule has 1 aliphatic heterocycles. The first-order valence-corrected chi connectivity index (χ1v) is 6.78. The fraction of sp³-hybridized carbons (Fsp3) is 0.600. The molecule has 3 heteroatoms. The van der Waals surface area contributed by atoms with E-state index < -0.39 is 0 Å². The van der Waals surface area contributed by atoms with Gasteiger partial charge in [0.25, 0.3) is 0 Å². The summed E-state index contributed by atoms with van der Waals surface area (Å²) in [6.07, 6.45) is 3.78. The molecular weight excluding hydrogens is 227 g/mol. The molecule has 1 aliphatic rings. The maximum atomic E-state index is 13.3. The zero-order valence-electron chi connectivity index (χ0n) is 11.3. The molecule has 1 aromatic rings. The van der Waals surface area contributed by atoms with Gasteiger partial charge in [-0.2, -0.15) is 0 Å². The molecule has 1 fully saturated rings. The minimum absolute atomic E-state index is 0.131. The third kappa shape index (κ3) is 2.73. The van der Waals surface area contributed by atoms with Gasteiger partial charge in [0.2, 0.25) is 0 Å². The molecule has 18 heavy (non-hydrogen) atoms. The Hall–Kier alpha value is -0.930. The number of benzene rings is 1. The average Bonchev–Trinajstić information content (AvgIpc) is 2.39. The minimum Gasteiger partial charge on any atom is -0.322 e. The van der Waals surface area contributed by atoms with E-state index >= 15 is 0 Å². The van der Waals surface area contributed by atoms with Gasteiger partial charge in [0.15, 0.2) is 0 Å². The zero-order valence-corrected chi connectivity index (χ0v) is 11.3. The van der Waals surface area contributed by atoms with Crippen LogP contribution in [0.25, 0.3) is 0 Å². The number of nitrogens with two attached hydrogens (primary N) is 1. The van der Waals surface area contributed by atoms with E-state index in [-0.39, 0.29) is 17.4 Å². The van der Waals surface area contributed by atoms with E-state index in [9.17, 15) is 4.39 Å². The lowest BCUT2D eigenvalue weighted by atomic mass is 9.86. The van der Waals surface area contributed by atoms with Gasteiger partial charge < -0.3 is 5.73 Å². The summed E-state index contributed by atoms with van der Waals surface area (Å²) < 4.78 is 13.3. The van der Waals surface area contributed by atoms with Gasteiger partial charge in [0.05, 0.1) is 0 Å². The van der Waals surface area contributed by atoms with Crippen molar-refractivity contribution in [1.82, 2.24) is 4.90 Å². The maximum Gasteiger partial charge on any atom is 0.123 e. The number of hydrogen-bond acceptors (Lipinski definition) is 2. The largest absolute Gasteiger partial charge is 0.322 e. The quantitative estimate of drug-likeness (QED) is 0.893. The van der Waals surface area contributed by atoms with Gasteiger partial charge in [-0.15, -0.1) is 0 Å². The molecule has 0 aliphatic carbocycles. The second kappa shape index (κ2) is 5.37. The molecule has 0 bridgehead atoms. The Morgan fingerprint density at radius 1 is 1.22 bits per heavy atom. The number of likely N-dealkylation sites (tertiary alicyclic amines) is 1. The topological polar surface area (TPSA) is 29.3 Å². The van der Waals surface area contributed by atoms with E-state index in [1.165, 1.54) is 25.3 Å². The second-order valence-corrected chi connectivity index (χ2v) is 5.73. The van der Waals surface area contributed by atoms with Crippen molar-refractivity contribution in [1.29, 1.82) is 0 Å². The molecule has 2 nitrogen and oxygen atoms in total. The lowest BCUT2D eigenvalue weighted by Crippen LogP contribution is -2.53. The summed E-state index contributed by atoms with van der Waals surface area (Å²) in [5.41, 5.74) is 7.11. The van der Waals surface area contributed by atoms with E-state index in [0.29, 0.717) is 0 Å². The number of piperidine rings is 1. The summed E-state index contributed by atoms with van der Waals surface area (Å²) in [6, 6.07) is 6.50. The van der Waals surface area contributed by atoms with Crippen molar-refractivity contribution in [2.24, 2.45) is 5.73 Å². The summed E-state index contributed by atoms with van der Waals surface area (Å²) in [6.45, 7) is 6.51. The van der Waals surface area contributed by atoms with Crippen LogP contribution in [-0.4, -0.2) is 23.5 Å². The molecule has 2 N–H and O–H groups in total. The highest BCUT2D eigenvalue weighted by Crippen LogP contribution is 2.31. The Bertz CT molecular complexity index is 397. The summed E-state index contributed by atoms with van der Waals surface area (Å²) in [5.74, 6) is -0.211. The van der Waals surface area contributed by atoms with Crippen molar-refractivity contribution < 1.29 is 4.39 Å². The summed E-state index contributed by atoms with van der Waals surface area (Å²) in [5, 5.41) is 0. The van der Waals surface area contributed by atoms with Gasteiger partial charge in [-0.1, -0.05) is 18.6 Å². The van der Waals surface area contributed by atoms with Crippen LogP contribution in [0.1, 0.15) is 44.7 Å². The van der Waals surface area contributed by atoms with Gasteiger partial charge >= 0.3 is 0 Å². The van der Waals surface area contributed by atoms with Crippen molar-refractivity contribution in [3.05, 3.63) is 35.6 Å². The van der Waals surface area contributed by atoms with Crippen molar-refractivity contribution in [3.63, 3.8) is 0 Å².